The fraction of sp³-hybridized carbons (Fsp3) is 0.417. The van der Waals surface area contributed by atoms with Crippen LogP contribution < -0.4 is 0 Å². The van der Waals surface area contributed by atoms with Crippen molar-refractivity contribution in [3.05, 3.63) is 59.2 Å². The van der Waals surface area contributed by atoms with Gasteiger partial charge in [-0.3, -0.25) is 4.68 Å². The summed E-state index contributed by atoms with van der Waals surface area (Å²) in [4.78, 5) is 15.5. The number of hydrogen-bond donors (Lipinski definition) is 0. The molecule has 1 aliphatic heterocycles. The zero-order valence-electron chi connectivity index (χ0n) is 18.3. The zero-order chi connectivity index (χ0) is 22.2. The number of amides is 1. The van der Waals surface area contributed by atoms with Crippen molar-refractivity contribution in [3.8, 4) is 0 Å². The maximum absolute atomic E-state index is 12.6. The Kier molecular flexibility index (Phi) is 6.22. The van der Waals surface area contributed by atoms with Crippen LogP contribution >= 0.6 is 23.4 Å². The van der Waals surface area contributed by atoms with Crippen LogP contribution in [0, 0.1) is 0 Å². The van der Waals surface area contributed by atoms with Gasteiger partial charge in [0.15, 0.2) is 0 Å². The molecule has 1 saturated heterocycles. The smallest absolute Gasteiger partial charge is 0.410 e. The van der Waals surface area contributed by atoms with Crippen LogP contribution in [-0.2, 0) is 10.5 Å². The normalized spacial score (nSPS) is 19.2. The first kappa shape index (κ1) is 22.0. The summed E-state index contributed by atoms with van der Waals surface area (Å²) in [7, 11) is 0. The summed E-state index contributed by atoms with van der Waals surface area (Å²) in [6, 6.07) is 14.7. The molecule has 0 N–H and O–H groups in total. The van der Waals surface area contributed by atoms with E-state index in [1.807, 2.05) is 43.8 Å². The van der Waals surface area contributed by atoms with Gasteiger partial charge in [0.2, 0.25) is 0 Å². The molecule has 1 fully saturated rings. The Morgan fingerprint density at radius 3 is 2.71 bits per heavy atom. The van der Waals surface area contributed by atoms with Crippen molar-refractivity contribution in [3.63, 3.8) is 0 Å². The summed E-state index contributed by atoms with van der Waals surface area (Å²) in [6.45, 7) is 8.30. The number of thioether (sulfide) groups is 1. The lowest BCUT2D eigenvalue weighted by atomic mass is 10.2. The third-order valence-electron chi connectivity index (χ3n) is 5.41. The van der Waals surface area contributed by atoms with Crippen molar-refractivity contribution in [2.24, 2.45) is 0 Å². The molecular weight excluding hydrogens is 430 g/mol. The van der Waals surface area contributed by atoms with Crippen LogP contribution in [0.3, 0.4) is 0 Å². The largest absolute Gasteiger partial charge is 0.444 e. The number of nitrogens with zero attached hydrogens (tertiary/aromatic N) is 3. The predicted octanol–water partition coefficient (Wildman–Crippen LogP) is 6.55. The Morgan fingerprint density at radius 2 is 2.00 bits per heavy atom. The fourth-order valence-corrected chi connectivity index (χ4v) is 5.20. The first-order valence-electron chi connectivity index (χ1n) is 10.5. The van der Waals surface area contributed by atoms with Crippen molar-refractivity contribution < 1.29 is 9.53 Å². The SMILES string of the molecule is C[C@H]1C[C@@H](n2ncc3c(Cl)cc(SCc4ccccc4)cc32)CN1C(=O)OC(C)(C)C. The van der Waals surface area contributed by atoms with E-state index in [2.05, 4.69) is 42.4 Å². The molecule has 3 aromatic rings. The second-order valence-electron chi connectivity index (χ2n) is 9.07. The van der Waals surface area contributed by atoms with E-state index >= 15 is 0 Å². The topological polar surface area (TPSA) is 47.4 Å². The molecule has 2 atom stereocenters. The number of carbonyl (C=O) groups excluding carboxylic acids is 1. The molecule has 0 spiro atoms. The van der Waals surface area contributed by atoms with Gasteiger partial charge in [-0.2, -0.15) is 5.10 Å². The number of carbonyl (C=O) groups is 1. The molecule has 164 valence electrons. The number of fused-ring (bicyclic) bond motifs is 1. The summed E-state index contributed by atoms with van der Waals surface area (Å²) in [6.07, 6.45) is 2.38. The van der Waals surface area contributed by atoms with Crippen LogP contribution in [0.25, 0.3) is 10.9 Å². The van der Waals surface area contributed by atoms with E-state index in [1.165, 1.54) is 5.56 Å². The summed E-state index contributed by atoms with van der Waals surface area (Å²) in [5, 5.41) is 6.29. The number of aromatic nitrogens is 2. The zero-order valence-corrected chi connectivity index (χ0v) is 19.9. The lowest BCUT2D eigenvalue weighted by Gasteiger charge is -2.26. The number of ether oxygens (including phenoxy) is 1. The van der Waals surface area contributed by atoms with E-state index in [-0.39, 0.29) is 18.2 Å². The maximum Gasteiger partial charge on any atom is 0.410 e. The number of halogens is 1. The van der Waals surface area contributed by atoms with Crippen LogP contribution in [0.1, 0.15) is 45.7 Å². The Morgan fingerprint density at radius 1 is 1.26 bits per heavy atom. The fourth-order valence-electron chi connectivity index (χ4n) is 3.95. The van der Waals surface area contributed by atoms with E-state index in [0.717, 1.165) is 28.0 Å². The highest BCUT2D eigenvalue weighted by atomic mass is 35.5. The second kappa shape index (κ2) is 8.75. The number of hydrogen-bond acceptors (Lipinski definition) is 4. The van der Waals surface area contributed by atoms with Gasteiger partial charge in [0.05, 0.1) is 22.8 Å². The average molecular weight is 458 g/mol. The van der Waals surface area contributed by atoms with Crippen molar-refractivity contribution in [1.29, 1.82) is 0 Å². The molecule has 0 aliphatic carbocycles. The Balaban J connectivity index is 1.55. The lowest BCUT2D eigenvalue weighted by molar-refractivity contribution is 0.0234. The molecule has 1 amide bonds. The predicted molar refractivity (Wildman–Crippen MR) is 127 cm³/mol. The molecule has 1 aliphatic rings. The quantitative estimate of drug-likeness (QED) is 0.416. The van der Waals surface area contributed by atoms with Gasteiger partial charge in [-0.1, -0.05) is 41.9 Å². The molecule has 31 heavy (non-hydrogen) atoms. The Hall–Kier alpha value is -2.18. The first-order chi connectivity index (χ1) is 14.7. The first-order valence-corrected chi connectivity index (χ1v) is 11.9. The minimum absolute atomic E-state index is 0.0882. The van der Waals surface area contributed by atoms with E-state index in [4.69, 9.17) is 16.3 Å². The van der Waals surface area contributed by atoms with Gasteiger partial charge in [0.1, 0.15) is 5.60 Å². The third-order valence-corrected chi connectivity index (χ3v) is 6.77. The van der Waals surface area contributed by atoms with Crippen LogP contribution in [0.5, 0.6) is 0 Å². The Labute approximate surface area is 192 Å². The van der Waals surface area contributed by atoms with Crippen LogP contribution in [0.4, 0.5) is 4.79 Å². The van der Waals surface area contributed by atoms with Crippen molar-refractivity contribution in [1.82, 2.24) is 14.7 Å². The highest BCUT2D eigenvalue weighted by Gasteiger charge is 2.36. The molecule has 0 unspecified atom stereocenters. The standard InChI is InChI=1S/C24H28ClN3O2S/c1-16-10-18(14-27(16)23(29)30-24(2,3)4)28-22-12-19(11-21(25)20(22)13-26-28)31-15-17-8-6-5-7-9-17/h5-9,11-13,16,18H,10,14-15H2,1-4H3/t16-,18+/m0/s1. The maximum atomic E-state index is 12.6. The minimum Gasteiger partial charge on any atom is -0.444 e. The molecule has 2 aromatic carbocycles. The van der Waals surface area contributed by atoms with E-state index < -0.39 is 5.60 Å². The summed E-state index contributed by atoms with van der Waals surface area (Å²) < 4.78 is 7.61. The van der Waals surface area contributed by atoms with E-state index in [0.29, 0.717) is 11.6 Å². The summed E-state index contributed by atoms with van der Waals surface area (Å²) in [5.74, 6) is 0.879. The van der Waals surface area contributed by atoms with Gasteiger partial charge >= 0.3 is 6.09 Å². The molecule has 5 nitrogen and oxygen atoms in total. The van der Waals surface area contributed by atoms with Gasteiger partial charge in [0, 0.05) is 28.6 Å². The van der Waals surface area contributed by atoms with Gasteiger partial charge in [-0.25, -0.2) is 4.79 Å². The average Bonchev–Trinajstić information content (AvgIpc) is 3.29. The van der Waals surface area contributed by atoms with Crippen molar-refractivity contribution in [2.45, 2.75) is 62.4 Å². The highest BCUT2D eigenvalue weighted by molar-refractivity contribution is 7.98. The molecule has 0 bridgehead atoms. The van der Waals surface area contributed by atoms with Gasteiger partial charge < -0.3 is 9.64 Å². The van der Waals surface area contributed by atoms with Gasteiger partial charge in [-0.05, 0) is 51.8 Å². The second-order valence-corrected chi connectivity index (χ2v) is 10.5. The van der Waals surface area contributed by atoms with Crippen LogP contribution in [0.2, 0.25) is 5.02 Å². The Bertz CT molecular complexity index is 1080. The van der Waals surface area contributed by atoms with E-state index in [9.17, 15) is 4.79 Å². The molecule has 1 aromatic heterocycles. The third kappa shape index (κ3) is 5.01. The molecule has 7 heteroatoms. The van der Waals surface area contributed by atoms with Crippen molar-refractivity contribution in [2.75, 3.05) is 6.54 Å². The van der Waals surface area contributed by atoms with Crippen LogP contribution in [0.15, 0.2) is 53.6 Å². The van der Waals surface area contributed by atoms with Crippen molar-refractivity contribution >= 4 is 40.4 Å². The number of benzene rings is 2. The summed E-state index contributed by atoms with van der Waals surface area (Å²) >= 11 is 8.35. The van der Waals surface area contributed by atoms with Crippen LogP contribution in [-0.4, -0.2) is 39.0 Å². The minimum atomic E-state index is -0.508. The number of rotatable bonds is 4. The molecule has 0 radical (unpaired) electrons. The monoisotopic (exact) mass is 457 g/mol. The molecular formula is C24H28ClN3O2S. The highest BCUT2D eigenvalue weighted by Crippen LogP contribution is 2.36. The molecule has 0 saturated carbocycles. The number of likely N-dealkylation sites (tertiary alicyclic amines) is 1. The van der Waals surface area contributed by atoms with Gasteiger partial charge in [-0.15, -0.1) is 11.8 Å². The lowest BCUT2D eigenvalue weighted by Crippen LogP contribution is -2.38. The van der Waals surface area contributed by atoms with Gasteiger partial charge in [0.25, 0.3) is 0 Å². The molecule has 2 heterocycles. The molecule has 4 rings (SSSR count). The van der Waals surface area contributed by atoms with E-state index in [1.54, 1.807) is 16.7 Å². The summed E-state index contributed by atoms with van der Waals surface area (Å²) in [5.41, 5.74) is 1.77.